The van der Waals surface area contributed by atoms with Crippen LogP contribution in [-0.4, -0.2) is 24.8 Å². The van der Waals surface area contributed by atoms with Crippen LogP contribution in [0.1, 0.15) is 26.7 Å². The molecule has 0 saturated carbocycles. The predicted molar refractivity (Wildman–Crippen MR) is 80.7 cm³/mol. The minimum absolute atomic E-state index is 0.0414. The first-order valence-corrected chi connectivity index (χ1v) is 7.57. The smallest absolute Gasteiger partial charge is 0.230 e. The summed E-state index contributed by atoms with van der Waals surface area (Å²) in [6, 6.07) is 5.52. The van der Waals surface area contributed by atoms with Gasteiger partial charge in [0.2, 0.25) is 5.91 Å². The Hall–Kier alpha value is -1.36. The van der Waals surface area contributed by atoms with Gasteiger partial charge in [0.1, 0.15) is 5.75 Å². The van der Waals surface area contributed by atoms with Crippen molar-refractivity contribution in [1.82, 2.24) is 5.32 Å². The van der Waals surface area contributed by atoms with Gasteiger partial charge >= 0.3 is 0 Å². The van der Waals surface area contributed by atoms with Gasteiger partial charge < -0.3 is 15.8 Å². The van der Waals surface area contributed by atoms with Crippen molar-refractivity contribution >= 4 is 23.4 Å². The Bertz CT molecular complexity index is 410. The average Bonchev–Trinajstić information content (AvgIpc) is 2.40. The lowest BCUT2D eigenvalue weighted by atomic mass is 10.3. The van der Waals surface area contributed by atoms with E-state index in [1.54, 1.807) is 0 Å². The van der Waals surface area contributed by atoms with Gasteiger partial charge in [-0.3, -0.25) is 4.79 Å². The van der Waals surface area contributed by atoms with E-state index in [9.17, 15) is 4.79 Å². The average molecular weight is 282 g/mol. The van der Waals surface area contributed by atoms with Crippen molar-refractivity contribution in [3.05, 3.63) is 18.2 Å². The van der Waals surface area contributed by atoms with Crippen LogP contribution in [0.25, 0.3) is 0 Å². The molecule has 0 spiro atoms. The summed E-state index contributed by atoms with van der Waals surface area (Å²) >= 11 is 1.44. The van der Waals surface area contributed by atoms with Crippen molar-refractivity contribution in [2.75, 3.05) is 24.6 Å². The second-order valence-electron chi connectivity index (χ2n) is 4.12. The van der Waals surface area contributed by atoms with E-state index in [4.69, 9.17) is 10.5 Å². The van der Waals surface area contributed by atoms with Crippen LogP contribution in [0.5, 0.6) is 5.75 Å². The third-order valence-electron chi connectivity index (χ3n) is 2.51. The van der Waals surface area contributed by atoms with Crippen molar-refractivity contribution in [3.8, 4) is 5.75 Å². The van der Waals surface area contributed by atoms with Crippen LogP contribution in [0.3, 0.4) is 0 Å². The lowest BCUT2D eigenvalue weighted by Gasteiger charge is -2.09. The van der Waals surface area contributed by atoms with Gasteiger partial charge in [-0.25, -0.2) is 0 Å². The molecule has 106 valence electrons. The number of carbonyl (C=O) groups is 1. The summed E-state index contributed by atoms with van der Waals surface area (Å²) in [4.78, 5) is 12.5. The van der Waals surface area contributed by atoms with Gasteiger partial charge in [0.15, 0.2) is 0 Å². The van der Waals surface area contributed by atoms with Gasteiger partial charge in [0.05, 0.1) is 12.4 Å². The number of rotatable bonds is 8. The number of ether oxygens (including phenoxy) is 1. The first-order valence-electron chi connectivity index (χ1n) is 6.59. The standard InChI is InChI=1S/C14H22N2O2S/c1-3-5-8-16-14(17)10-19-13-9-11(18-4-2)6-7-12(13)15/h6-7,9H,3-5,8,10,15H2,1-2H3,(H,16,17). The van der Waals surface area contributed by atoms with E-state index in [1.807, 2.05) is 25.1 Å². The van der Waals surface area contributed by atoms with Crippen LogP contribution < -0.4 is 15.8 Å². The van der Waals surface area contributed by atoms with Gasteiger partial charge in [-0.2, -0.15) is 0 Å². The van der Waals surface area contributed by atoms with Crippen LogP contribution >= 0.6 is 11.8 Å². The quantitative estimate of drug-likeness (QED) is 0.437. The molecule has 5 heteroatoms. The summed E-state index contributed by atoms with van der Waals surface area (Å²) in [6.07, 6.45) is 2.09. The Morgan fingerprint density at radius 1 is 1.42 bits per heavy atom. The summed E-state index contributed by atoms with van der Waals surface area (Å²) in [5, 5.41) is 2.88. The summed E-state index contributed by atoms with van der Waals surface area (Å²) in [5.74, 6) is 1.20. The molecule has 1 aromatic rings. The molecule has 3 N–H and O–H groups in total. The first kappa shape index (κ1) is 15.7. The van der Waals surface area contributed by atoms with Crippen LogP contribution in [0.2, 0.25) is 0 Å². The Balaban J connectivity index is 2.47. The van der Waals surface area contributed by atoms with E-state index < -0.39 is 0 Å². The number of hydrogen-bond acceptors (Lipinski definition) is 4. The first-order chi connectivity index (χ1) is 9.17. The number of hydrogen-bond donors (Lipinski definition) is 2. The molecule has 1 aromatic carbocycles. The number of carbonyl (C=O) groups excluding carboxylic acids is 1. The third kappa shape index (κ3) is 5.87. The Kier molecular flexibility index (Phi) is 7.18. The van der Waals surface area contributed by atoms with Crippen molar-refractivity contribution in [3.63, 3.8) is 0 Å². The maximum absolute atomic E-state index is 11.6. The zero-order valence-electron chi connectivity index (χ0n) is 11.6. The van der Waals surface area contributed by atoms with Gasteiger partial charge in [0.25, 0.3) is 0 Å². The molecule has 0 saturated heterocycles. The minimum Gasteiger partial charge on any atom is -0.494 e. The SMILES string of the molecule is CCCCNC(=O)CSc1cc(OCC)ccc1N. The van der Waals surface area contributed by atoms with Crippen LogP contribution in [-0.2, 0) is 4.79 Å². The molecule has 0 unspecified atom stereocenters. The molecule has 0 aliphatic heterocycles. The fourth-order valence-corrected chi connectivity index (χ4v) is 2.32. The number of anilines is 1. The van der Waals surface area contributed by atoms with E-state index in [1.165, 1.54) is 11.8 Å². The Morgan fingerprint density at radius 3 is 2.89 bits per heavy atom. The van der Waals surface area contributed by atoms with E-state index in [0.29, 0.717) is 18.0 Å². The molecule has 0 heterocycles. The molecule has 19 heavy (non-hydrogen) atoms. The van der Waals surface area contributed by atoms with Gasteiger partial charge in [-0.1, -0.05) is 13.3 Å². The fraction of sp³-hybridized carbons (Fsp3) is 0.500. The molecule has 0 aliphatic carbocycles. The van der Waals surface area contributed by atoms with Crippen LogP contribution in [0.4, 0.5) is 5.69 Å². The van der Waals surface area contributed by atoms with Gasteiger partial charge in [-0.05, 0) is 31.5 Å². The molecule has 4 nitrogen and oxygen atoms in total. The number of benzene rings is 1. The molecular weight excluding hydrogens is 260 g/mol. The highest BCUT2D eigenvalue weighted by atomic mass is 32.2. The van der Waals surface area contributed by atoms with E-state index >= 15 is 0 Å². The number of thioether (sulfide) groups is 1. The zero-order valence-corrected chi connectivity index (χ0v) is 12.4. The molecule has 1 amide bonds. The molecule has 0 aliphatic rings. The second-order valence-corrected chi connectivity index (χ2v) is 5.14. The third-order valence-corrected chi connectivity index (χ3v) is 3.58. The number of nitrogens with one attached hydrogen (secondary N) is 1. The number of nitrogens with two attached hydrogens (primary N) is 1. The lowest BCUT2D eigenvalue weighted by molar-refractivity contribution is -0.118. The summed E-state index contributed by atoms with van der Waals surface area (Å²) in [7, 11) is 0. The molecule has 0 bridgehead atoms. The fourth-order valence-electron chi connectivity index (χ4n) is 1.50. The molecular formula is C14H22N2O2S. The number of amides is 1. The van der Waals surface area contributed by atoms with Crippen LogP contribution in [0.15, 0.2) is 23.1 Å². The predicted octanol–water partition coefficient (Wildman–Crippen LogP) is 2.68. The minimum atomic E-state index is 0.0414. The van der Waals surface area contributed by atoms with Gasteiger partial charge in [0, 0.05) is 17.1 Å². The highest BCUT2D eigenvalue weighted by molar-refractivity contribution is 8.00. The van der Waals surface area contributed by atoms with E-state index in [-0.39, 0.29) is 5.91 Å². The number of unbranched alkanes of at least 4 members (excludes halogenated alkanes) is 1. The van der Waals surface area contributed by atoms with Gasteiger partial charge in [-0.15, -0.1) is 11.8 Å². The topological polar surface area (TPSA) is 64.3 Å². The van der Waals surface area contributed by atoms with E-state index in [2.05, 4.69) is 12.2 Å². The van der Waals surface area contributed by atoms with Crippen molar-refractivity contribution in [2.45, 2.75) is 31.6 Å². The van der Waals surface area contributed by atoms with Crippen molar-refractivity contribution in [2.24, 2.45) is 0 Å². The summed E-state index contributed by atoms with van der Waals surface area (Å²) < 4.78 is 5.42. The Labute approximate surface area is 119 Å². The maximum Gasteiger partial charge on any atom is 0.230 e. The molecule has 0 radical (unpaired) electrons. The zero-order chi connectivity index (χ0) is 14.1. The second kappa shape index (κ2) is 8.69. The Morgan fingerprint density at radius 2 is 2.21 bits per heavy atom. The maximum atomic E-state index is 11.6. The number of nitrogen functional groups attached to an aromatic ring is 1. The molecule has 1 rings (SSSR count). The van der Waals surface area contributed by atoms with Crippen molar-refractivity contribution < 1.29 is 9.53 Å². The van der Waals surface area contributed by atoms with E-state index in [0.717, 1.165) is 30.0 Å². The largest absolute Gasteiger partial charge is 0.494 e. The highest BCUT2D eigenvalue weighted by Gasteiger charge is 2.06. The normalized spacial score (nSPS) is 10.2. The lowest BCUT2D eigenvalue weighted by Crippen LogP contribution is -2.26. The monoisotopic (exact) mass is 282 g/mol. The molecule has 0 aromatic heterocycles. The van der Waals surface area contributed by atoms with Crippen LogP contribution in [0, 0.1) is 0 Å². The molecule has 0 atom stereocenters. The molecule has 0 fully saturated rings. The highest BCUT2D eigenvalue weighted by Crippen LogP contribution is 2.29. The van der Waals surface area contributed by atoms with Crippen molar-refractivity contribution in [1.29, 1.82) is 0 Å². The summed E-state index contributed by atoms with van der Waals surface area (Å²) in [6.45, 7) is 5.39. The summed E-state index contributed by atoms with van der Waals surface area (Å²) in [5.41, 5.74) is 6.56.